The largest absolute Gasteiger partial charge is 0.369 e. The summed E-state index contributed by atoms with van der Waals surface area (Å²) in [7, 11) is 0. The van der Waals surface area contributed by atoms with Crippen molar-refractivity contribution in [1.82, 2.24) is 0 Å². The third-order valence-electron chi connectivity index (χ3n) is 3.25. The number of nitrogens with zero attached hydrogens (tertiary/aromatic N) is 2. The van der Waals surface area contributed by atoms with E-state index >= 15 is 0 Å². The van der Waals surface area contributed by atoms with E-state index in [0.717, 1.165) is 25.3 Å². The summed E-state index contributed by atoms with van der Waals surface area (Å²) < 4.78 is 0. The van der Waals surface area contributed by atoms with Crippen LogP contribution in [0.25, 0.3) is 0 Å². The topological polar surface area (TPSA) is 41.6 Å². The van der Waals surface area contributed by atoms with E-state index in [0.29, 0.717) is 5.92 Å². The number of rotatable bonds is 3. The van der Waals surface area contributed by atoms with Crippen LogP contribution in [0, 0.1) is 5.92 Å². The molecule has 1 atom stereocenters. The maximum Gasteiger partial charge on any atom is 0.0855 e. The second kappa shape index (κ2) is 5.12. The van der Waals surface area contributed by atoms with Crippen molar-refractivity contribution in [2.45, 2.75) is 12.8 Å². The van der Waals surface area contributed by atoms with Crippen LogP contribution in [0.15, 0.2) is 29.3 Å². The zero-order valence-electron chi connectivity index (χ0n) is 9.60. The van der Waals surface area contributed by atoms with Gasteiger partial charge in [-0.3, -0.25) is 4.99 Å². The summed E-state index contributed by atoms with van der Waals surface area (Å²) >= 11 is 0. The molecule has 1 aromatic carbocycles. The van der Waals surface area contributed by atoms with Crippen LogP contribution in [-0.4, -0.2) is 26.4 Å². The normalized spacial score (nSPS) is 20.8. The first-order valence-corrected chi connectivity index (χ1v) is 5.86. The van der Waals surface area contributed by atoms with Gasteiger partial charge in [-0.2, -0.15) is 0 Å². The summed E-state index contributed by atoms with van der Waals surface area (Å²) in [6, 6.07) is 8.17. The van der Waals surface area contributed by atoms with Gasteiger partial charge in [-0.1, -0.05) is 12.1 Å². The van der Waals surface area contributed by atoms with Gasteiger partial charge in [-0.15, -0.1) is 0 Å². The summed E-state index contributed by atoms with van der Waals surface area (Å²) in [4.78, 5) is 6.45. The SMILES string of the molecule is C=Nc1ccccc1N1CCCC(CN)C1. The molecule has 1 heterocycles. The zero-order chi connectivity index (χ0) is 11.4. The van der Waals surface area contributed by atoms with Gasteiger partial charge in [-0.05, 0) is 44.2 Å². The van der Waals surface area contributed by atoms with E-state index in [4.69, 9.17) is 5.73 Å². The second-order valence-electron chi connectivity index (χ2n) is 4.34. The fourth-order valence-corrected chi connectivity index (χ4v) is 2.34. The predicted molar refractivity (Wildman–Crippen MR) is 69.6 cm³/mol. The molecule has 0 amide bonds. The quantitative estimate of drug-likeness (QED) is 0.789. The third kappa shape index (κ3) is 2.25. The molecule has 2 rings (SSSR count). The standard InChI is InChI=1S/C13H19N3/c1-15-12-6-2-3-7-13(12)16-8-4-5-11(9-14)10-16/h2-3,6-7,11H,1,4-5,8-10,14H2. The van der Waals surface area contributed by atoms with Crippen molar-refractivity contribution in [3.63, 3.8) is 0 Å². The molecule has 0 radical (unpaired) electrons. The van der Waals surface area contributed by atoms with E-state index in [2.05, 4.69) is 28.7 Å². The number of benzene rings is 1. The predicted octanol–water partition coefficient (Wildman–Crippen LogP) is 2.19. The van der Waals surface area contributed by atoms with Crippen molar-refractivity contribution in [2.24, 2.45) is 16.6 Å². The van der Waals surface area contributed by atoms with Crippen LogP contribution in [0.5, 0.6) is 0 Å². The van der Waals surface area contributed by atoms with Gasteiger partial charge in [0.05, 0.1) is 11.4 Å². The highest BCUT2D eigenvalue weighted by molar-refractivity contribution is 5.69. The lowest BCUT2D eigenvalue weighted by molar-refractivity contribution is 0.424. The molecule has 86 valence electrons. The van der Waals surface area contributed by atoms with Gasteiger partial charge in [0, 0.05) is 13.1 Å². The first-order chi connectivity index (χ1) is 7.85. The fourth-order valence-electron chi connectivity index (χ4n) is 2.34. The van der Waals surface area contributed by atoms with Gasteiger partial charge < -0.3 is 10.6 Å². The molecule has 1 aliphatic heterocycles. The number of aliphatic imine (C=N–C) groups is 1. The molecule has 0 aliphatic carbocycles. The van der Waals surface area contributed by atoms with Crippen LogP contribution in [-0.2, 0) is 0 Å². The molecule has 16 heavy (non-hydrogen) atoms. The zero-order valence-corrected chi connectivity index (χ0v) is 9.60. The van der Waals surface area contributed by atoms with Crippen molar-refractivity contribution >= 4 is 18.1 Å². The van der Waals surface area contributed by atoms with Crippen LogP contribution in [0.3, 0.4) is 0 Å². The van der Waals surface area contributed by atoms with E-state index in [-0.39, 0.29) is 0 Å². The number of para-hydroxylation sites is 2. The minimum Gasteiger partial charge on any atom is -0.369 e. The molecule has 1 fully saturated rings. The third-order valence-corrected chi connectivity index (χ3v) is 3.25. The number of piperidine rings is 1. The van der Waals surface area contributed by atoms with Crippen LogP contribution >= 0.6 is 0 Å². The smallest absolute Gasteiger partial charge is 0.0855 e. The average Bonchev–Trinajstić information content (AvgIpc) is 2.38. The van der Waals surface area contributed by atoms with Gasteiger partial charge in [-0.25, -0.2) is 0 Å². The molecule has 1 aliphatic rings. The highest BCUT2D eigenvalue weighted by atomic mass is 15.1. The minimum absolute atomic E-state index is 0.617. The number of nitrogens with two attached hydrogens (primary N) is 1. The summed E-state index contributed by atoms with van der Waals surface area (Å²) in [5.41, 5.74) is 7.91. The molecule has 0 bridgehead atoms. The summed E-state index contributed by atoms with van der Waals surface area (Å²) in [6.07, 6.45) is 2.46. The van der Waals surface area contributed by atoms with Gasteiger partial charge >= 0.3 is 0 Å². The van der Waals surface area contributed by atoms with Gasteiger partial charge in [0.2, 0.25) is 0 Å². The first-order valence-electron chi connectivity index (χ1n) is 5.86. The average molecular weight is 217 g/mol. The van der Waals surface area contributed by atoms with E-state index in [9.17, 15) is 0 Å². The Morgan fingerprint density at radius 2 is 2.25 bits per heavy atom. The molecule has 1 saturated heterocycles. The highest BCUT2D eigenvalue weighted by Crippen LogP contribution is 2.31. The van der Waals surface area contributed by atoms with Crippen molar-refractivity contribution < 1.29 is 0 Å². The number of hydrogen-bond acceptors (Lipinski definition) is 3. The Labute approximate surface area is 97.0 Å². The molecule has 0 aromatic heterocycles. The van der Waals surface area contributed by atoms with Gasteiger partial charge in [0.25, 0.3) is 0 Å². The van der Waals surface area contributed by atoms with E-state index < -0.39 is 0 Å². The number of hydrogen-bond donors (Lipinski definition) is 1. The second-order valence-corrected chi connectivity index (χ2v) is 4.34. The Morgan fingerprint density at radius 1 is 1.44 bits per heavy atom. The fraction of sp³-hybridized carbons (Fsp3) is 0.462. The number of anilines is 1. The van der Waals surface area contributed by atoms with Crippen LogP contribution in [0.1, 0.15) is 12.8 Å². The maximum atomic E-state index is 5.75. The molecule has 3 heteroatoms. The van der Waals surface area contributed by atoms with Crippen LogP contribution in [0.2, 0.25) is 0 Å². The Morgan fingerprint density at radius 3 is 3.00 bits per heavy atom. The molecule has 1 unspecified atom stereocenters. The molecule has 0 saturated carbocycles. The Balaban J connectivity index is 2.19. The van der Waals surface area contributed by atoms with Gasteiger partial charge in [0.1, 0.15) is 0 Å². The molecule has 3 nitrogen and oxygen atoms in total. The summed E-state index contributed by atoms with van der Waals surface area (Å²) in [5, 5.41) is 0. The lowest BCUT2D eigenvalue weighted by Gasteiger charge is -2.34. The lowest BCUT2D eigenvalue weighted by atomic mass is 9.97. The van der Waals surface area contributed by atoms with Gasteiger partial charge in [0.15, 0.2) is 0 Å². The maximum absolute atomic E-state index is 5.75. The van der Waals surface area contributed by atoms with Crippen LogP contribution < -0.4 is 10.6 Å². The van der Waals surface area contributed by atoms with Crippen molar-refractivity contribution in [3.8, 4) is 0 Å². The van der Waals surface area contributed by atoms with Crippen molar-refractivity contribution in [1.29, 1.82) is 0 Å². The highest BCUT2D eigenvalue weighted by Gasteiger charge is 2.20. The molecule has 0 spiro atoms. The van der Waals surface area contributed by atoms with E-state index in [1.54, 1.807) is 0 Å². The lowest BCUT2D eigenvalue weighted by Crippen LogP contribution is -2.38. The molecular weight excluding hydrogens is 198 g/mol. The summed E-state index contributed by atoms with van der Waals surface area (Å²) in [5.74, 6) is 0.617. The van der Waals surface area contributed by atoms with E-state index in [1.807, 2.05) is 12.1 Å². The Bertz CT molecular complexity index is 362. The Hall–Kier alpha value is -1.35. The first kappa shape index (κ1) is 11.1. The van der Waals surface area contributed by atoms with Crippen molar-refractivity contribution in [3.05, 3.63) is 24.3 Å². The van der Waals surface area contributed by atoms with Crippen molar-refractivity contribution in [2.75, 3.05) is 24.5 Å². The monoisotopic (exact) mass is 217 g/mol. The Kier molecular flexibility index (Phi) is 3.57. The summed E-state index contributed by atoms with van der Waals surface area (Å²) in [6.45, 7) is 6.55. The molecular formula is C13H19N3. The minimum atomic E-state index is 0.617. The van der Waals surface area contributed by atoms with E-state index in [1.165, 1.54) is 18.5 Å². The molecule has 2 N–H and O–H groups in total. The van der Waals surface area contributed by atoms with Crippen LogP contribution in [0.4, 0.5) is 11.4 Å². The molecule has 1 aromatic rings.